The standard InChI is InChI=1S/C14H21NO2/c1-13(2,15)14(8-9-14)12-10(16-3)6-5-7-11(12)17-4/h5-7H,8-9,15H2,1-4H3. The minimum atomic E-state index is -0.269. The molecule has 1 saturated carbocycles. The van der Waals surface area contributed by atoms with Crippen molar-refractivity contribution >= 4 is 0 Å². The van der Waals surface area contributed by atoms with Crippen LogP contribution in [0.2, 0.25) is 0 Å². The second-order valence-electron chi connectivity index (χ2n) is 5.34. The van der Waals surface area contributed by atoms with Gasteiger partial charge in [-0.2, -0.15) is 0 Å². The molecule has 1 fully saturated rings. The maximum absolute atomic E-state index is 6.34. The predicted octanol–water partition coefficient (Wildman–Crippen LogP) is 2.47. The average molecular weight is 235 g/mol. The highest BCUT2D eigenvalue weighted by Gasteiger charge is 2.56. The minimum Gasteiger partial charge on any atom is -0.496 e. The number of benzene rings is 1. The van der Waals surface area contributed by atoms with E-state index in [1.807, 2.05) is 18.2 Å². The maximum Gasteiger partial charge on any atom is 0.126 e. The van der Waals surface area contributed by atoms with E-state index in [0.717, 1.165) is 29.9 Å². The third-order valence-corrected chi connectivity index (χ3v) is 3.89. The normalized spacial score (nSPS) is 17.7. The Morgan fingerprint density at radius 2 is 1.59 bits per heavy atom. The van der Waals surface area contributed by atoms with Gasteiger partial charge in [0.1, 0.15) is 11.5 Å². The van der Waals surface area contributed by atoms with Crippen LogP contribution in [-0.4, -0.2) is 19.8 Å². The zero-order valence-electron chi connectivity index (χ0n) is 11.0. The first-order chi connectivity index (χ1) is 7.96. The molecule has 0 aliphatic heterocycles. The van der Waals surface area contributed by atoms with Gasteiger partial charge >= 0.3 is 0 Å². The molecule has 0 saturated heterocycles. The fourth-order valence-electron chi connectivity index (χ4n) is 2.66. The third kappa shape index (κ3) is 1.78. The number of nitrogens with two attached hydrogens (primary N) is 1. The fourth-order valence-corrected chi connectivity index (χ4v) is 2.66. The molecule has 94 valence electrons. The van der Waals surface area contributed by atoms with Crippen molar-refractivity contribution in [1.82, 2.24) is 0 Å². The Hall–Kier alpha value is -1.22. The van der Waals surface area contributed by atoms with Crippen molar-refractivity contribution in [2.24, 2.45) is 5.73 Å². The number of hydrogen-bond acceptors (Lipinski definition) is 3. The Morgan fingerprint density at radius 1 is 1.12 bits per heavy atom. The van der Waals surface area contributed by atoms with Crippen LogP contribution in [0.4, 0.5) is 0 Å². The molecular weight excluding hydrogens is 214 g/mol. The summed E-state index contributed by atoms with van der Waals surface area (Å²) in [6, 6.07) is 5.90. The third-order valence-electron chi connectivity index (χ3n) is 3.89. The van der Waals surface area contributed by atoms with Gasteiger partial charge in [-0.3, -0.25) is 0 Å². The van der Waals surface area contributed by atoms with E-state index in [0.29, 0.717) is 0 Å². The lowest BCUT2D eigenvalue weighted by atomic mass is 9.78. The summed E-state index contributed by atoms with van der Waals surface area (Å²) in [5.74, 6) is 1.75. The van der Waals surface area contributed by atoms with E-state index in [1.165, 1.54) is 0 Å². The summed E-state index contributed by atoms with van der Waals surface area (Å²) in [6.07, 6.45) is 2.18. The molecule has 1 aliphatic carbocycles. The van der Waals surface area contributed by atoms with Crippen LogP contribution >= 0.6 is 0 Å². The van der Waals surface area contributed by atoms with Gasteiger partial charge in [-0.05, 0) is 38.8 Å². The molecule has 17 heavy (non-hydrogen) atoms. The molecule has 0 radical (unpaired) electrons. The lowest BCUT2D eigenvalue weighted by Gasteiger charge is -2.33. The molecule has 1 aliphatic rings. The van der Waals surface area contributed by atoms with E-state index in [2.05, 4.69) is 13.8 Å². The molecule has 1 aromatic rings. The van der Waals surface area contributed by atoms with E-state index in [4.69, 9.17) is 15.2 Å². The summed E-state index contributed by atoms with van der Waals surface area (Å²) < 4.78 is 10.9. The van der Waals surface area contributed by atoms with E-state index in [9.17, 15) is 0 Å². The molecule has 0 amide bonds. The molecule has 3 nitrogen and oxygen atoms in total. The molecule has 0 heterocycles. The molecule has 0 spiro atoms. The quantitative estimate of drug-likeness (QED) is 0.872. The highest BCUT2D eigenvalue weighted by Crippen LogP contribution is 2.59. The predicted molar refractivity (Wildman–Crippen MR) is 68.7 cm³/mol. The molecule has 0 aromatic heterocycles. The summed E-state index contributed by atoms with van der Waals surface area (Å²) in [5, 5.41) is 0. The molecule has 1 aromatic carbocycles. The van der Waals surface area contributed by atoms with Gasteiger partial charge < -0.3 is 15.2 Å². The van der Waals surface area contributed by atoms with Gasteiger partial charge in [0.2, 0.25) is 0 Å². The SMILES string of the molecule is COc1cccc(OC)c1C1(C(C)(C)N)CC1. The van der Waals surface area contributed by atoms with Crippen LogP contribution in [0.25, 0.3) is 0 Å². The van der Waals surface area contributed by atoms with Crippen molar-refractivity contribution in [2.45, 2.75) is 37.6 Å². The van der Waals surface area contributed by atoms with Crippen LogP contribution in [0.15, 0.2) is 18.2 Å². The Balaban J connectivity index is 2.58. The van der Waals surface area contributed by atoms with Crippen LogP contribution in [0.1, 0.15) is 32.3 Å². The maximum atomic E-state index is 6.34. The van der Waals surface area contributed by atoms with E-state index in [1.54, 1.807) is 14.2 Å². The number of ether oxygens (including phenoxy) is 2. The van der Waals surface area contributed by atoms with Crippen LogP contribution in [0, 0.1) is 0 Å². The topological polar surface area (TPSA) is 44.5 Å². The van der Waals surface area contributed by atoms with Crippen LogP contribution < -0.4 is 15.2 Å². The summed E-state index contributed by atoms with van der Waals surface area (Å²) in [6.45, 7) is 4.15. The smallest absolute Gasteiger partial charge is 0.126 e. The van der Waals surface area contributed by atoms with Gasteiger partial charge in [-0.25, -0.2) is 0 Å². The highest BCUT2D eigenvalue weighted by molar-refractivity contribution is 5.54. The average Bonchev–Trinajstić information content (AvgIpc) is 3.08. The number of methoxy groups -OCH3 is 2. The molecule has 0 unspecified atom stereocenters. The van der Waals surface area contributed by atoms with Crippen molar-refractivity contribution in [1.29, 1.82) is 0 Å². The monoisotopic (exact) mass is 235 g/mol. The second kappa shape index (κ2) is 3.91. The molecule has 2 N–H and O–H groups in total. The zero-order chi connectivity index (χ0) is 12.7. The lowest BCUT2D eigenvalue weighted by molar-refractivity contribution is 0.336. The second-order valence-corrected chi connectivity index (χ2v) is 5.34. The summed E-state index contributed by atoms with van der Waals surface area (Å²) in [4.78, 5) is 0. The molecule has 0 bridgehead atoms. The molecule has 0 atom stereocenters. The van der Waals surface area contributed by atoms with Crippen molar-refractivity contribution in [2.75, 3.05) is 14.2 Å². The molecule has 3 heteroatoms. The van der Waals surface area contributed by atoms with Crippen LogP contribution in [0.5, 0.6) is 11.5 Å². The fraction of sp³-hybridized carbons (Fsp3) is 0.571. The van der Waals surface area contributed by atoms with Gasteiger partial charge in [0.25, 0.3) is 0 Å². The Kier molecular flexibility index (Phi) is 2.82. The lowest BCUT2D eigenvalue weighted by Crippen LogP contribution is -2.45. The van der Waals surface area contributed by atoms with E-state index < -0.39 is 0 Å². The minimum absolute atomic E-state index is 0.00898. The Labute approximate surface area is 103 Å². The van der Waals surface area contributed by atoms with Crippen molar-refractivity contribution in [3.63, 3.8) is 0 Å². The van der Waals surface area contributed by atoms with Gasteiger partial charge in [-0.15, -0.1) is 0 Å². The van der Waals surface area contributed by atoms with Gasteiger partial charge in [0.05, 0.1) is 14.2 Å². The summed E-state index contributed by atoms with van der Waals surface area (Å²) in [5.41, 5.74) is 7.19. The highest BCUT2D eigenvalue weighted by atomic mass is 16.5. The first kappa shape index (κ1) is 12.2. The van der Waals surface area contributed by atoms with E-state index in [-0.39, 0.29) is 11.0 Å². The van der Waals surface area contributed by atoms with Crippen molar-refractivity contribution < 1.29 is 9.47 Å². The first-order valence-corrected chi connectivity index (χ1v) is 5.96. The van der Waals surface area contributed by atoms with Crippen LogP contribution in [-0.2, 0) is 5.41 Å². The summed E-state index contributed by atoms with van der Waals surface area (Å²) >= 11 is 0. The largest absolute Gasteiger partial charge is 0.496 e. The molecule has 2 rings (SSSR count). The number of rotatable bonds is 4. The Bertz CT molecular complexity index is 394. The van der Waals surface area contributed by atoms with E-state index >= 15 is 0 Å². The zero-order valence-corrected chi connectivity index (χ0v) is 11.0. The molecular formula is C14H21NO2. The van der Waals surface area contributed by atoms with Gasteiger partial charge in [0, 0.05) is 16.5 Å². The Morgan fingerprint density at radius 3 is 1.88 bits per heavy atom. The van der Waals surface area contributed by atoms with Crippen LogP contribution in [0.3, 0.4) is 0 Å². The summed E-state index contributed by atoms with van der Waals surface area (Å²) in [7, 11) is 3.38. The van der Waals surface area contributed by atoms with Crippen molar-refractivity contribution in [3.05, 3.63) is 23.8 Å². The number of hydrogen-bond donors (Lipinski definition) is 1. The van der Waals surface area contributed by atoms with Gasteiger partial charge in [-0.1, -0.05) is 6.07 Å². The van der Waals surface area contributed by atoms with Gasteiger partial charge in [0.15, 0.2) is 0 Å². The van der Waals surface area contributed by atoms with Crippen molar-refractivity contribution in [3.8, 4) is 11.5 Å². The first-order valence-electron chi connectivity index (χ1n) is 5.96.